The third kappa shape index (κ3) is 7.13. The maximum absolute atomic E-state index is 11.0. The van der Waals surface area contributed by atoms with Crippen LogP contribution in [0, 0.1) is 0 Å². The number of aromatic hydroxyl groups is 2. The fourth-order valence-electron chi connectivity index (χ4n) is 3.99. The van der Waals surface area contributed by atoms with Crippen molar-refractivity contribution < 1.29 is 10.2 Å². The molecule has 0 bridgehead atoms. The van der Waals surface area contributed by atoms with Gasteiger partial charge in [-0.1, -0.05) is 83.1 Å². The minimum atomic E-state index is -0.117. The molecule has 0 saturated carbocycles. The molecule has 0 radical (unpaired) electrons. The molecule has 0 fully saturated rings. The van der Waals surface area contributed by atoms with E-state index in [0.717, 1.165) is 33.8 Å². The fourth-order valence-corrected chi connectivity index (χ4v) is 5.93. The summed E-state index contributed by atoms with van der Waals surface area (Å²) >= 11 is 3.70. The second-order valence-electron chi connectivity index (χ2n) is 13.4. The van der Waals surface area contributed by atoms with Crippen molar-refractivity contribution in [2.75, 3.05) is 11.5 Å². The van der Waals surface area contributed by atoms with Crippen molar-refractivity contribution in [1.29, 1.82) is 0 Å². The molecule has 0 aromatic heterocycles. The Hall–Kier alpha value is -1.26. The Balaban J connectivity index is 2.26. The number of hydrogen-bond acceptors (Lipinski definition) is 4. The number of thioether (sulfide) groups is 2. The lowest BCUT2D eigenvalue weighted by atomic mass is 9.79. The van der Waals surface area contributed by atoms with Crippen LogP contribution in [0.4, 0.5) is 0 Å². The Morgan fingerprint density at radius 1 is 0.471 bits per heavy atom. The highest BCUT2D eigenvalue weighted by Gasteiger charge is 2.28. The predicted octanol–water partition coefficient (Wildman–Crippen LogP) is 9.17. The van der Waals surface area contributed by atoms with Crippen molar-refractivity contribution in [3.05, 3.63) is 46.5 Å². The summed E-state index contributed by atoms with van der Waals surface area (Å²) in [5.74, 6) is 2.82. The van der Waals surface area contributed by atoms with Gasteiger partial charge < -0.3 is 10.2 Å². The molecule has 0 aliphatic heterocycles. The van der Waals surface area contributed by atoms with Gasteiger partial charge in [-0.25, -0.2) is 0 Å². The summed E-state index contributed by atoms with van der Waals surface area (Å²) in [6, 6.07) is 8.65. The van der Waals surface area contributed by atoms with E-state index in [9.17, 15) is 10.2 Å². The van der Waals surface area contributed by atoms with E-state index in [4.69, 9.17) is 0 Å². The van der Waals surface area contributed by atoms with Crippen molar-refractivity contribution in [2.24, 2.45) is 0 Å². The molecule has 0 atom stereocenters. The van der Waals surface area contributed by atoms with Crippen LogP contribution in [-0.4, -0.2) is 21.7 Å². The van der Waals surface area contributed by atoms with Crippen LogP contribution in [0.25, 0.3) is 0 Å². The average Bonchev–Trinajstić information content (AvgIpc) is 2.63. The Kier molecular flexibility index (Phi) is 8.53. The summed E-state index contributed by atoms with van der Waals surface area (Å²) in [7, 11) is 0. The van der Waals surface area contributed by atoms with Crippen molar-refractivity contribution in [3.63, 3.8) is 0 Å². The van der Waals surface area contributed by atoms with Crippen LogP contribution in [-0.2, 0) is 21.7 Å². The zero-order chi connectivity index (χ0) is 26.3. The first-order chi connectivity index (χ1) is 15.2. The number of rotatable bonds is 5. The van der Waals surface area contributed by atoms with Crippen LogP contribution in [0.1, 0.15) is 105 Å². The topological polar surface area (TPSA) is 40.5 Å². The van der Waals surface area contributed by atoms with E-state index < -0.39 is 0 Å². The maximum Gasteiger partial charge on any atom is 0.123 e. The van der Waals surface area contributed by atoms with Gasteiger partial charge in [0.1, 0.15) is 11.5 Å². The molecule has 0 amide bonds. The lowest BCUT2D eigenvalue weighted by Gasteiger charge is -2.28. The molecule has 0 aliphatic carbocycles. The molecule has 0 aliphatic rings. The number of phenols is 2. The lowest BCUT2D eigenvalue weighted by Crippen LogP contribution is -2.17. The highest BCUT2D eigenvalue weighted by molar-refractivity contribution is 8.03. The molecule has 2 nitrogen and oxygen atoms in total. The minimum Gasteiger partial charge on any atom is -0.507 e. The van der Waals surface area contributed by atoms with Crippen LogP contribution in [0.5, 0.6) is 11.5 Å². The van der Waals surface area contributed by atoms with Gasteiger partial charge in [-0.05, 0) is 45.9 Å². The van der Waals surface area contributed by atoms with Crippen LogP contribution in [0.2, 0.25) is 0 Å². The normalized spacial score (nSPS) is 13.4. The largest absolute Gasteiger partial charge is 0.507 e. The highest BCUT2D eigenvalue weighted by Crippen LogP contribution is 2.43. The molecule has 2 aromatic carbocycles. The van der Waals surface area contributed by atoms with Gasteiger partial charge in [-0.15, -0.1) is 23.5 Å². The first-order valence-electron chi connectivity index (χ1n) is 12.2. The van der Waals surface area contributed by atoms with Gasteiger partial charge in [-0.2, -0.15) is 0 Å². The van der Waals surface area contributed by atoms with Gasteiger partial charge in [0, 0.05) is 43.6 Å². The number of benzene rings is 2. The van der Waals surface area contributed by atoms with Crippen LogP contribution < -0.4 is 0 Å². The van der Waals surface area contributed by atoms with Gasteiger partial charge in [0.2, 0.25) is 0 Å². The van der Waals surface area contributed by atoms with Crippen LogP contribution in [0.3, 0.4) is 0 Å². The zero-order valence-corrected chi connectivity index (χ0v) is 25.1. The second-order valence-corrected chi connectivity index (χ2v) is 15.8. The molecule has 4 heteroatoms. The van der Waals surface area contributed by atoms with Gasteiger partial charge in [-0.3, -0.25) is 0 Å². The molecule has 34 heavy (non-hydrogen) atoms. The van der Waals surface area contributed by atoms with E-state index in [1.165, 1.54) is 9.79 Å². The number of phenolic OH excluding ortho intramolecular Hbond substituents is 2. The lowest BCUT2D eigenvalue weighted by molar-refractivity contribution is 0.421. The van der Waals surface area contributed by atoms with E-state index in [2.05, 4.69) is 107 Å². The third-order valence-corrected chi connectivity index (χ3v) is 8.23. The van der Waals surface area contributed by atoms with E-state index in [-0.39, 0.29) is 21.7 Å². The first-order valence-corrected chi connectivity index (χ1v) is 14.2. The summed E-state index contributed by atoms with van der Waals surface area (Å²) in [5.41, 5.74) is 3.58. The number of hydrogen-bond donors (Lipinski definition) is 2. The van der Waals surface area contributed by atoms with E-state index in [0.29, 0.717) is 11.5 Å². The molecule has 0 heterocycles. The monoisotopic (exact) mass is 502 g/mol. The van der Waals surface area contributed by atoms with Gasteiger partial charge in [0.15, 0.2) is 0 Å². The van der Waals surface area contributed by atoms with Crippen molar-refractivity contribution >= 4 is 23.5 Å². The molecule has 2 N–H and O–H groups in total. The fraction of sp³-hybridized carbons (Fsp3) is 0.600. The van der Waals surface area contributed by atoms with Crippen LogP contribution in [0.15, 0.2) is 34.1 Å². The average molecular weight is 503 g/mol. The molecular formula is C30H46O2S2. The SMILES string of the molecule is CC(C)(C)c1cc(SCCSc2cc(C(C)(C)C)c(O)c(C(C)(C)C)c2)cc(C(C)(C)C)c1O. The molecule has 2 aromatic rings. The molecule has 0 spiro atoms. The Bertz CT molecular complexity index is 857. The summed E-state index contributed by atoms with van der Waals surface area (Å²) in [6.07, 6.45) is 0. The molecule has 190 valence electrons. The van der Waals surface area contributed by atoms with Crippen molar-refractivity contribution in [2.45, 2.75) is 115 Å². The minimum absolute atomic E-state index is 0.117. The first kappa shape index (κ1) is 29.0. The van der Waals surface area contributed by atoms with E-state index in [1.54, 1.807) is 0 Å². The van der Waals surface area contributed by atoms with E-state index >= 15 is 0 Å². The summed E-state index contributed by atoms with van der Waals surface area (Å²) in [6.45, 7) is 25.9. The smallest absolute Gasteiger partial charge is 0.123 e. The highest BCUT2D eigenvalue weighted by atomic mass is 32.2. The van der Waals surface area contributed by atoms with Crippen molar-refractivity contribution in [1.82, 2.24) is 0 Å². The zero-order valence-electron chi connectivity index (χ0n) is 23.4. The molecule has 2 rings (SSSR count). The molecular weight excluding hydrogens is 456 g/mol. The van der Waals surface area contributed by atoms with Crippen LogP contribution >= 0.6 is 23.5 Å². The maximum atomic E-state index is 11.0. The van der Waals surface area contributed by atoms with E-state index in [1.807, 2.05) is 23.5 Å². The van der Waals surface area contributed by atoms with Gasteiger partial charge in [0.25, 0.3) is 0 Å². The molecule has 0 saturated heterocycles. The predicted molar refractivity (Wildman–Crippen MR) is 152 cm³/mol. The molecule has 0 unspecified atom stereocenters. The summed E-state index contributed by atoms with van der Waals surface area (Å²) in [5, 5.41) is 22.0. The summed E-state index contributed by atoms with van der Waals surface area (Å²) < 4.78 is 0. The Morgan fingerprint density at radius 2 is 0.676 bits per heavy atom. The van der Waals surface area contributed by atoms with Crippen molar-refractivity contribution in [3.8, 4) is 11.5 Å². The Morgan fingerprint density at radius 3 is 0.853 bits per heavy atom. The standard InChI is InChI=1S/C30H46O2S2/c1-27(2,3)21-15-19(16-22(25(21)31)28(4,5)6)33-13-14-34-20-17-23(29(7,8)9)26(32)24(18-20)30(10,11)12/h15-18,31-32H,13-14H2,1-12H3. The third-order valence-electron chi connectivity index (χ3n) is 6.02. The Labute approximate surface area is 217 Å². The quantitative estimate of drug-likeness (QED) is 0.316. The second kappa shape index (κ2) is 10.0. The van der Waals surface area contributed by atoms with Gasteiger partial charge >= 0.3 is 0 Å². The summed E-state index contributed by atoms with van der Waals surface area (Å²) in [4.78, 5) is 2.43. The van der Waals surface area contributed by atoms with Gasteiger partial charge in [0.05, 0.1) is 0 Å².